The fourth-order valence-electron chi connectivity index (χ4n) is 3.20. The molecule has 1 aromatic heterocycles. The molecule has 140 valence electrons. The van der Waals surface area contributed by atoms with Crippen molar-refractivity contribution in [3.05, 3.63) is 48.0 Å². The molecule has 2 heterocycles. The number of hydrogen-bond acceptors (Lipinski definition) is 5. The number of alkyl carbamates (subject to hydrolysis) is 1. The van der Waals surface area contributed by atoms with Gasteiger partial charge < -0.3 is 24.7 Å². The van der Waals surface area contributed by atoms with Gasteiger partial charge in [-0.05, 0) is 44.0 Å². The largest absolute Gasteiger partial charge is 0.497 e. The van der Waals surface area contributed by atoms with E-state index in [0.29, 0.717) is 13.1 Å². The van der Waals surface area contributed by atoms with E-state index in [1.807, 2.05) is 42.0 Å². The van der Waals surface area contributed by atoms with Crippen LogP contribution in [0.15, 0.2) is 36.7 Å². The van der Waals surface area contributed by atoms with Gasteiger partial charge in [-0.1, -0.05) is 12.1 Å². The average molecular weight is 358 g/mol. The molecular formula is C19H26N4O3. The SMILES string of the molecule is COc1ccc(C[C@H]2NCC[C@H]2OC(=O)NCCn2ccnc2C)cc1. The van der Waals surface area contributed by atoms with Crippen LogP contribution in [0.3, 0.4) is 0 Å². The number of imidazole rings is 1. The van der Waals surface area contributed by atoms with Crippen molar-refractivity contribution in [2.45, 2.75) is 38.5 Å². The minimum absolute atomic E-state index is 0.118. The number of methoxy groups -OCH3 is 1. The Morgan fingerprint density at radius 3 is 2.88 bits per heavy atom. The lowest BCUT2D eigenvalue weighted by Crippen LogP contribution is -2.38. The van der Waals surface area contributed by atoms with Gasteiger partial charge in [0.05, 0.1) is 7.11 Å². The number of aryl methyl sites for hydroxylation is 1. The zero-order valence-corrected chi connectivity index (χ0v) is 15.3. The van der Waals surface area contributed by atoms with Gasteiger partial charge in [0, 0.05) is 31.5 Å². The van der Waals surface area contributed by atoms with Crippen LogP contribution in [0, 0.1) is 6.92 Å². The molecule has 0 radical (unpaired) electrons. The van der Waals surface area contributed by atoms with Crippen LogP contribution in [0.2, 0.25) is 0 Å². The molecule has 26 heavy (non-hydrogen) atoms. The van der Waals surface area contributed by atoms with Gasteiger partial charge in [-0.15, -0.1) is 0 Å². The molecular weight excluding hydrogens is 332 g/mol. The Morgan fingerprint density at radius 1 is 1.38 bits per heavy atom. The molecule has 7 heteroatoms. The molecule has 0 bridgehead atoms. The van der Waals surface area contributed by atoms with Crippen molar-refractivity contribution in [3.8, 4) is 5.75 Å². The second-order valence-electron chi connectivity index (χ2n) is 6.44. The third-order valence-electron chi connectivity index (χ3n) is 4.70. The van der Waals surface area contributed by atoms with Crippen molar-refractivity contribution in [3.63, 3.8) is 0 Å². The first-order valence-electron chi connectivity index (χ1n) is 8.94. The number of carbonyl (C=O) groups excluding carboxylic acids is 1. The van der Waals surface area contributed by atoms with Gasteiger partial charge in [0.1, 0.15) is 17.7 Å². The van der Waals surface area contributed by atoms with Gasteiger partial charge in [-0.2, -0.15) is 0 Å². The lowest BCUT2D eigenvalue weighted by atomic mass is 10.0. The maximum Gasteiger partial charge on any atom is 0.407 e. The number of nitrogens with zero attached hydrogens (tertiary/aromatic N) is 2. The second kappa shape index (κ2) is 8.71. The summed E-state index contributed by atoms with van der Waals surface area (Å²) in [6.07, 6.45) is 4.81. The van der Waals surface area contributed by atoms with E-state index in [4.69, 9.17) is 9.47 Å². The van der Waals surface area contributed by atoms with Gasteiger partial charge in [-0.3, -0.25) is 0 Å². The Kier molecular flexibility index (Phi) is 6.12. The topological polar surface area (TPSA) is 77.4 Å². The highest BCUT2D eigenvalue weighted by molar-refractivity contribution is 5.67. The van der Waals surface area contributed by atoms with E-state index in [2.05, 4.69) is 15.6 Å². The molecule has 7 nitrogen and oxygen atoms in total. The van der Waals surface area contributed by atoms with Gasteiger partial charge in [0.15, 0.2) is 0 Å². The van der Waals surface area contributed by atoms with Crippen molar-refractivity contribution in [1.82, 2.24) is 20.2 Å². The fourth-order valence-corrected chi connectivity index (χ4v) is 3.20. The minimum atomic E-state index is -0.365. The smallest absolute Gasteiger partial charge is 0.407 e. The molecule has 1 aliphatic heterocycles. The highest BCUT2D eigenvalue weighted by atomic mass is 16.6. The van der Waals surface area contributed by atoms with Gasteiger partial charge in [0.25, 0.3) is 0 Å². The zero-order valence-electron chi connectivity index (χ0n) is 15.3. The molecule has 0 unspecified atom stereocenters. The third-order valence-corrected chi connectivity index (χ3v) is 4.70. The third kappa shape index (κ3) is 4.76. The summed E-state index contributed by atoms with van der Waals surface area (Å²) >= 11 is 0. The first-order chi connectivity index (χ1) is 12.7. The number of hydrogen-bond donors (Lipinski definition) is 2. The Balaban J connectivity index is 1.45. The predicted octanol–water partition coefficient (Wildman–Crippen LogP) is 1.90. The predicted molar refractivity (Wildman–Crippen MR) is 98.3 cm³/mol. The number of benzene rings is 1. The summed E-state index contributed by atoms with van der Waals surface area (Å²) in [5, 5.41) is 6.25. The van der Waals surface area contributed by atoms with Crippen molar-refractivity contribution >= 4 is 6.09 Å². The van der Waals surface area contributed by atoms with Crippen LogP contribution in [0.5, 0.6) is 5.75 Å². The molecule has 1 saturated heterocycles. The van der Waals surface area contributed by atoms with E-state index >= 15 is 0 Å². The summed E-state index contributed by atoms with van der Waals surface area (Å²) in [7, 11) is 1.66. The molecule has 1 aromatic carbocycles. The molecule has 2 atom stereocenters. The number of aromatic nitrogens is 2. The Hall–Kier alpha value is -2.54. The lowest BCUT2D eigenvalue weighted by Gasteiger charge is -2.20. The lowest BCUT2D eigenvalue weighted by molar-refractivity contribution is 0.0898. The van der Waals surface area contributed by atoms with Crippen molar-refractivity contribution in [2.24, 2.45) is 0 Å². The molecule has 0 spiro atoms. The highest BCUT2D eigenvalue weighted by Gasteiger charge is 2.30. The van der Waals surface area contributed by atoms with E-state index in [1.54, 1.807) is 13.3 Å². The summed E-state index contributed by atoms with van der Waals surface area (Å²) in [6.45, 7) is 3.98. The fraction of sp³-hybridized carbons (Fsp3) is 0.474. The van der Waals surface area contributed by atoms with Crippen LogP contribution >= 0.6 is 0 Å². The Bertz CT molecular complexity index is 714. The van der Waals surface area contributed by atoms with Crippen molar-refractivity contribution < 1.29 is 14.3 Å². The van der Waals surface area contributed by atoms with Crippen LogP contribution < -0.4 is 15.4 Å². The highest BCUT2D eigenvalue weighted by Crippen LogP contribution is 2.18. The molecule has 1 fully saturated rings. The second-order valence-corrected chi connectivity index (χ2v) is 6.44. The quantitative estimate of drug-likeness (QED) is 0.790. The molecule has 2 N–H and O–H groups in total. The summed E-state index contributed by atoms with van der Waals surface area (Å²) in [4.78, 5) is 16.3. The van der Waals surface area contributed by atoms with E-state index in [9.17, 15) is 4.79 Å². The van der Waals surface area contributed by atoms with Gasteiger partial charge >= 0.3 is 6.09 Å². The summed E-state index contributed by atoms with van der Waals surface area (Å²) in [5.74, 6) is 1.77. The first kappa shape index (κ1) is 18.3. The number of rotatable bonds is 7. The molecule has 0 aliphatic carbocycles. The molecule has 1 aliphatic rings. The molecule has 2 aromatic rings. The van der Waals surface area contributed by atoms with E-state index in [0.717, 1.165) is 31.0 Å². The maximum absolute atomic E-state index is 12.1. The monoisotopic (exact) mass is 358 g/mol. The first-order valence-corrected chi connectivity index (χ1v) is 8.94. The van der Waals surface area contributed by atoms with Crippen molar-refractivity contribution in [1.29, 1.82) is 0 Å². The number of ether oxygens (including phenoxy) is 2. The number of nitrogens with one attached hydrogen (secondary N) is 2. The Labute approximate surface area is 153 Å². The Morgan fingerprint density at radius 2 is 2.19 bits per heavy atom. The van der Waals surface area contributed by atoms with Crippen LogP contribution in [-0.2, 0) is 17.7 Å². The molecule has 0 saturated carbocycles. The number of carbonyl (C=O) groups is 1. The summed E-state index contributed by atoms with van der Waals surface area (Å²) in [6, 6.07) is 8.12. The van der Waals surface area contributed by atoms with E-state index < -0.39 is 0 Å². The van der Waals surface area contributed by atoms with Gasteiger partial charge in [0.2, 0.25) is 0 Å². The van der Waals surface area contributed by atoms with Crippen LogP contribution in [0.1, 0.15) is 17.8 Å². The van der Waals surface area contributed by atoms with Crippen LogP contribution in [0.25, 0.3) is 0 Å². The standard InChI is InChI=1S/C19H26N4O3/c1-14-20-9-11-23(14)12-10-22-19(24)26-18-7-8-21-17(18)13-15-3-5-16(25-2)6-4-15/h3-6,9,11,17-18,21H,7-8,10,12-13H2,1-2H3,(H,22,24)/t17-,18-/m1/s1. The zero-order chi connectivity index (χ0) is 18.4. The molecule has 1 amide bonds. The van der Waals surface area contributed by atoms with Crippen molar-refractivity contribution in [2.75, 3.05) is 20.2 Å². The normalized spacial score (nSPS) is 19.3. The minimum Gasteiger partial charge on any atom is -0.497 e. The maximum atomic E-state index is 12.1. The molecule has 3 rings (SSSR count). The van der Waals surface area contributed by atoms with Crippen LogP contribution in [0.4, 0.5) is 4.79 Å². The summed E-state index contributed by atoms with van der Waals surface area (Å²) in [5.41, 5.74) is 1.19. The van der Waals surface area contributed by atoms with Crippen LogP contribution in [-0.4, -0.2) is 48.0 Å². The average Bonchev–Trinajstić information content (AvgIpc) is 3.25. The summed E-state index contributed by atoms with van der Waals surface area (Å²) < 4.78 is 12.8. The van der Waals surface area contributed by atoms with E-state index in [1.165, 1.54) is 5.56 Å². The van der Waals surface area contributed by atoms with Gasteiger partial charge in [-0.25, -0.2) is 9.78 Å². The number of amides is 1. The van der Waals surface area contributed by atoms with E-state index in [-0.39, 0.29) is 18.2 Å².